The molecule has 0 spiro atoms. The van der Waals surface area contributed by atoms with Crippen molar-refractivity contribution in [2.45, 2.75) is 26.7 Å². The molecule has 1 aliphatic heterocycles. The second-order valence-electron chi connectivity index (χ2n) is 7.81. The highest BCUT2D eigenvalue weighted by Gasteiger charge is 2.27. The van der Waals surface area contributed by atoms with E-state index in [4.69, 9.17) is 4.74 Å². The van der Waals surface area contributed by atoms with E-state index in [2.05, 4.69) is 36.1 Å². The van der Waals surface area contributed by atoms with Gasteiger partial charge in [0.2, 0.25) is 5.91 Å². The Bertz CT molecular complexity index is 1060. The highest BCUT2D eigenvalue weighted by molar-refractivity contribution is 9.10. The Morgan fingerprint density at radius 2 is 1.77 bits per heavy atom. The molecule has 3 aromatic rings. The number of carbonyl (C=O) groups excluding carboxylic acids is 1. The number of rotatable bonds is 5. The molecular weight excluding hydrogens is 456 g/mol. The number of halogens is 1. The van der Waals surface area contributed by atoms with Crippen molar-refractivity contribution in [2.24, 2.45) is 5.92 Å². The van der Waals surface area contributed by atoms with Crippen molar-refractivity contribution in [3.05, 3.63) is 70.5 Å². The Hall–Kier alpha value is -2.93. The summed E-state index contributed by atoms with van der Waals surface area (Å²) in [6.45, 7) is 5.48. The third-order valence-electron chi connectivity index (χ3n) is 5.49. The molecule has 1 fully saturated rings. The molecule has 0 radical (unpaired) electrons. The molecule has 0 saturated carbocycles. The number of anilines is 2. The van der Waals surface area contributed by atoms with Crippen molar-refractivity contribution in [3.8, 4) is 11.6 Å². The van der Waals surface area contributed by atoms with Crippen molar-refractivity contribution < 1.29 is 9.53 Å². The van der Waals surface area contributed by atoms with E-state index in [1.807, 2.05) is 56.3 Å². The van der Waals surface area contributed by atoms with E-state index >= 15 is 0 Å². The highest BCUT2D eigenvalue weighted by Crippen LogP contribution is 2.31. The molecule has 1 aliphatic rings. The minimum atomic E-state index is -0.0302. The molecule has 7 heteroatoms. The molecule has 6 nitrogen and oxygen atoms in total. The molecule has 0 atom stereocenters. The predicted octanol–water partition coefficient (Wildman–Crippen LogP) is 5.50. The van der Waals surface area contributed by atoms with Crippen LogP contribution in [-0.4, -0.2) is 29.0 Å². The third-order valence-corrected chi connectivity index (χ3v) is 5.99. The molecule has 1 amide bonds. The maximum atomic E-state index is 12.8. The zero-order valence-corrected chi connectivity index (χ0v) is 19.2. The highest BCUT2D eigenvalue weighted by atomic mass is 79.9. The normalized spacial score (nSPS) is 14.4. The number of benzene rings is 2. The topological polar surface area (TPSA) is 67.4 Å². The molecule has 2 aromatic carbocycles. The molecular formula is C24H25BrN4O2. The first-order valence-corrected chi connectivity index (χ1v) is 11.2. The predicted molar refractivity (Wildman–Crippen MR) is 126 cm³/mol. The fourth-order valence-electron chi connectivity index (χ4n) is 3.68. The molecule has 0 bridgehead atoms. The van der Waals surface area contributed by atoms with Crippen molar-refractivity contribution >= 4 is 33.3 Å². The Balaban J connectivity index is 1.39. The number of ether oxygens (including phenoxy) is 1. The second kappa shape index (κ2) is 9.47. The van der Waals surface area contributed by atoms with Crippen molar-refractivity contribution in [3.63, 3.8) is 0 Å². The smallest absolute Gasteiger partial charge is 0.263 e. The van der Waals surface area contributed by atoms with E-state index in [9.17, 15) is 4.79 Å². The van der Waals surface area contributed by atoms with E-state index in [-0.39, 0.29) is 11.8 Å². The zero-order chi connectivity index (χ0) is 21.8. The molecule has 4 rings (SSSR count). The lowest BCUT2D eigenvalue weighted by Crippen LogP contribution is -2.38. The Morgan fingerprint density at radius 1 is 1.06 bits per heavy atom. The van der Waals surface area contributed by atoms with Crippen LogP contribution in [0.2, 0.25) is 0 Å². The van der Waals surface area contributed by atoms with E-state index in [1.165, 1.54) is 5.56 Å². The van der Waals surface area contributed by atoms with Crippen LogP contribution in [0.1, 0.15) is 24.0 Å². The monoisotopic (exact) mass is 480 g/mol. The summed E-state index contributed by atoms with van der Waals surface area (Å²) in [6.07, 6.45) is 4.81. The van der Waals surface area contributed by atoms with Crippen LogP contribution in [-0.2, 0) is 4.79 Å². The Morgan fingerprint density at radius 3 is 2.48 bits per heavy atom. The first-order valence-electron chi connectivity index (χ1n) is 10.4. The SMILES string of the molecule is Cc1ccc(Oc2nccnc2N2CCC(C(=O)Nc3ccc(Br)cc3C)CC2)cc1. The van der Waals surface area contributed by atoms with Crippen LogP contribution in [0.25, 0.3) is 0 Å². The fraction of sp³-hybridized carbons (Fsp3) is 0.292. The zero-order valence-electron chi connectivity index (χ0n) is 17.6. The summed E-state index contributed by atoms with van der Waals surface area (Å²) in [5, 5.41) is 3.08. The maximum absolute atomic E-state index is 12.8. The number of nitrogens with zero attached hydrogens (tertiary/aromatic N) is 3. The molecule has 1 N–H and O–H groups in total. The summed E-state index contributed by atoms with van der Waals surface area (Å²) >= 11 is 3.46. The van der Waals surface area contributed by atoms with Crippen LogP contribution in [0.4, 0.5) is 11.5 Å². The second-order valence-corrected chi connectivity index (χ2v) is 8.73. The van der Waals surface area contributed by atoms with Gasteiger partial charge in [0.05, 0.1) is 0 Å². The van der Waals surface area contributed by atoms with E-state index in [0.717, 1.165) is 47.4 Å². The van der Waals surface area contributed by atoms with Crippen LogP contribution >= 0.6 is 15.9 Å². The van der Waals surface area contributed by atoms with Gasteiger partial charge in [-0.15, -0.1) is 0 Å². The molecule has 160 valence electrons. The summed E-state index contributed by atoms with van der Waals surface area (Å²) in [7, 11) is 0. The minimum absolute atomic E-state index is 0.0302. The van der Waals surface area contributed by atoms with Gasteiger partial charge in [-0.2, -0.15) is 0 Å². The van der Waals surface area contributed by atoms with Crippen LogP contribution < -0.4 is 15.0 Å². The number of nitrogens with one attached hydrogen (secondary N) is 1. The summed E-state index contributed by atoms with van der Waals surface area (Å²) in [4.78, 5) is 23.8. The van der Waals surface area contributed by atoms with E-state index in [0.29, 0.717) is 11.7 Å². The lowest BCUT2D eigenvalue weighted by molar-refractivity contribution is -0.120. The van der Waals surface area contributed by atoms with E-state index < -0.39 is 0 Å². The lowest BCUT2D eigenvalue weighted by atomic mass is 9.95. The maximum Gasteiger partial charge on any atom is 0.263 e. The van der Waals surface area contributed by atoms with Crippen LogP contribution in [0.5, 0.6) is 11.6 Å². The third kappa shape index (κ3) is 5.22. The average Bonchev–Trinajstić information content (AvgIpc) is 2.78. The van der Waals surface area contributed by atoms with Gasteiger partial charge >= 0.3 is 0 Å². The summed E-state index contributed by atoms with van der Waals surface area (Å²) in [6, 6.07) is 13.7. The standard InChI is InChI=1S/C24H25BrN4O2/c1-16-3-6-20(7-4-16)31-24-22(26-11-12-27-24)29-13-9-18(10-14-29)23(30)28-21-8-5-19(25)15-17(21)2/h3-8,11-12,15,18H,9-10,13-14H2,1-2H3,(H,28,30). The number of aromatic nitrogens is 2. The molecule has 2 heterocycles. The summed E-state index contributed by atoms with van der Waals surface area (Å²) < 4.78 is 7.00. The van der Waals surface area contributed by atoms with E-state index in [1.54, 1.807) is 12.4 Å². The van der Waals surface area contributed by atoms with Crippen LogP contribution in [0.3, 0.4) is 0 Å². The van der Waals surface area contributed by atoms with Crippen LogP contribution in [0, 0.1) is 19.8 Å². The first-order chi connectivity index (χ1) is 15.0. The van der Waals surface area contributed by atoms with Crippen molar-refractivity contribution in [2.75, 3.05) is 23.3 Å². The molecule has 0 aliphatic carbocycles. The minimum Gasteiger partial charge on any atom is -0.436 e. The average molecular weight is 481 g/mol. The van der Waals surface area contributed by atoms with Gasteiger partial charge in [0.15, 0.2) is 5.82 Å². The van der Waals surface area contributed by atoms with Gasteiger partial charge in [-0.3, -0.25) is 4.79 Å². The number of carbonyl (C=O) groups is 1. The molecule has 1 aromatic heterocycles. The molecule has 0 unspecified atom stereocenters. The number of hydrogen-bond acceptors (Lipinski definition) is 5. The fourth-order valence-corrected chi connectivity index (χ4v) is 4.16. The summed E-state index contributed by atoms with van der Waals surface area (Å²) in [5.74, 6) is 1.97. The lowest BCUT2D eigenvalue weighted by Gasteiger charge is -2.32. The number of piperidine rings is 1. The first kappa shape index (κ1) is 21.3. The van der Waals surface area contributed by atoms with Gasteiger partial charge in [0, 0.05) is 41.6 Å². The van der Waals surface area contributed by atoms with Crippen molar-refractivity contribution in [1.29, 1.82) is 0 Å². The summed E-state index contributed by atoms with van der Waals surface area (Å²) in [5.41, 5.74) is 3.07. The van der Waals surface area contributed by atoms with Gasteiger partial charge < -0.3 is 15.0 Å². The van der Waals surface area contributed by atoms with Gasteiger partial charge in [0.1, 0.15) is 5.75 Å². The Kier molecular flexibility index (Phi) is 6.51. The van der Waals surface area contributed by atoms with Gasteiger partial charge in [0.25, 0.3) is 5.88 Å². The number of amides is 1. The molecule has 31 heavy (non-hydrogen) atoms. The van der Waals surface area contributed by atoms with Gasteiger partial charge in [-0.05, 0) is 62.6 Å². The van der Waals surface area contributed by atoms with Gasteiger partial charge in [-0.1, -0.05) is 33.6 Å². The van der Waals surface area contributed by atoms with Crippen LogP contribution in [0.15, 0.2) is 59.3 Å². The quantitative estimate of drug-likeness (QED) is 0.521. The number of hydrogen-bond donors (Lipinski definition) is 1. The number of aryl methyl sites for hydroxylation is 2. The van der Waals surface area contributed by atoms with Gasteiger partial charge in [-0.25, -0.2) is 9.97 Å². The Labute approximate surface area is 190 Å². The van der Waals surface area contributed by atoms with Crippen molar-refractivity contribution in [1.82, 2.24) is 9.97 Å². The largest absolute Gasteiger partial charge is 0.436 e. The molecule has 1 saturated heterocycles.